The number of Topliss-reactive ketones (excluding diaryl/α,β-unsaturated/α-hetero) is 3. The van der Waals surface area contributed by atoms with Crippen LogP contribution < -0.4 is 0 Å². The minimum Gasteiger partial charge on any atom is -0.466 e. The molecular formula is C18H27AlO9. The van der Waals surface area contributed by atoms with E-state index in [0.717, 1.165) is 0 Å². The molecule has 0 rings (SSSR count). The van der Waals surface area contributed by atoms with Crippen molar-refractivity contribution in [1.29, 1.82) is 0 Å². The summed E-state index contributed by atoms with van der Waals surface area (Å²) in [6, 6.07) is 0. The molecule has 28 heavy (non-hydrogen) atoms. The summed E-state index contributed by atoms with van der Waals surface area (Å²) in [5.74, 6) is -3.29. The maximum atomic E-state index is 12.1. The van der Waals surface area contributed by atoms with Gasteiger partial charge in [-0.1, -0.05) is 0 Å². The highest BCUT2D eigenvalue weighted by atomic mass is 27.2. The van der Waals surface area contributed by atoms with E-state index in [0.29, 0.717) is 0 Å². The number of hydrogen-bond donors (Lipinski definition) is 0. The Morgan fingerprint density at radius 3 is 1.00 bits per heavy atom. The molecule has 0 amide bonds. The summed E-state index contributed by atoms with van der Waals surface area (Å²) in [5, 5.41) is -0.244. The van der Waals surface area contributed by atoms with Gasteiger partial charge in [0, 0.05) is 0 Å². The van der Waals surface area contributed by atoms with Crippen LogP contribution in [0.25, 0.3) is 0 Å². The highest BCUT2D eigenvalue weighted by molar-refractivity contribution is 6.69. The quantitative estimate of drug-likeness (QED) is 0.167. The molecule has 0 aromatic rings. The van der Waals surface area contributed by atoms with Crippen molar-refractivity contribution in [3.8, 4) is 0 Å². The number of rotatable bonds is 15. The lowest BCUT2D eigenvalue weighted by atomic mass is 10.3. The van der Waals surface area contributed by atoms with Crippen LogP contribution in [0.15, 0.2) is 0 Å². The first-order valence-electron chi connectivity index (χ1n) is 9.23. The Bertz CT molecular complexity index is 505. The van der Waals surface area contributed by atoms with Gasteiger partial charge in [-0.3, -0.25) is 14.4 Å². The van der Waals surface area contributed by atoms with Crippen LogP contribution in [-0.4, -0.2) is 69.2 Å². The zero-order chi connectivity index (χ0) is 21.5. The lowest BCUT2D eigenvalue weighted by molar-refractivity contribution is -0.146. The molecule has 0 aliphatic heterocycles. The van der Waals surface area contributed by atoms with E-state index in [9.17, 15) is 28.8 Å². The second-order valence-electron chi connectivity index (χ2n) is 6.04. The van der Waals surface area contributed by atoms with Gasteiger partial charge in [0.1, 0.15) is 36.6 Å². The van der Waals surface area contributed by atoms with Crippen molar-refractivity contribution < 1.29 is 43.0 Å². The van der Waals surface area contributed by atoms with Crippen LogP contribution in [-0.2, 0) is 43.0 Å². The molecule has 0 aromatic heterocycles. The van der Waals surface area contributed by atoms with Gasteiger partial charge in [-0.2, -0.15) is 0 Å². The van der Waals surface area contributed by atoms with Crippen LogP contribution in [0.3, 0.4) is 0 Å². The van der Waals surface area contributed by atoms with Gasteiger partial charge in [0.2, 0.25) is 0 Å². The van der Waals surface area contributed by atoms with Gasteiger partial charge >= 0.3 is 17.9 Å². The van der Waals surface area contributed by atoms with E-state index in [4.69, 9.17) is 14.2 Å². The average Bonchev–Trinajstić information content (AvgIpc) is 2.54. The summed E-state index contributed by atoms with van der Waals surface area (Å²) in [6.07, 6.45) is -1.31. The monoisotopic (exact) mass is 414 g/mol. The first kappa shape index (κ1) is 26.0. The first-order valence-corrected chi connectivity index (χ1v) is 11.7. The third-order valence-electron chi connectivity index (χ3n) is 3.49. The fraction of sp³-hybridized carbons (Fsp3) is 0.667. The molecule has 0 aliphatic rings. The van der Waals surface area contributed by atoms with Gasteiger partial charge in [0.05, 0.1) is 19.8 Å². The molecular weight excluding hydrogens is 387 g/mol. The molecule has 0 heterocycles. The van der Waals surface area contributed by atoms with Gasteiger partial charge in [-0.15, -0.1) is 0 Å². The van der Waals surface area contributed by atoms with Crippen molar-refractivity contribution in [2.75, 3.05) is 19.8 Å². The fourth-order valence-corrected chi connectivity index (χ4v) is 5.32. The third-order valence-corrected chi connectivity index (χ3v) is 6.59. The molecule has 10 heteroatoms. The molecule has 0 N–H and O–H groups in total. The van der Waals surface area contributed by atoms with E-state index in [2.05, 4.69) is 0 Å². The zero-order valence-corrected chi connectivity index (χ0v) is 17.8. The van der Waals surface area contributed by atoms with Crippen molar-refractivity contribution in [3.63, 3.8) is 0 Å². The highest BCUT2D eigenvalue weighted by Gasteiger charge is 2.29. The Labute approximate surface area is 168 Å². The van der Waals surface area contributed by atoms with Crippen molar-refractivity contribution in [2.24, 2.45) is 0 Å². The SMILES string of the molecule is CCOC(=O)CC(=O)[CH2][Al]([CH2]C(=O)CC(=O)OCC)[CH2]C(=O)CC(=O)OCC. The molecule has 0 spiro atoms. The Kier molecular flexibility index (Phi) is 13.8. The molecule has 0 saturated heterocycles. The van der Waals surface area contributed by atoms with E-state index in [1.165, 1.54) is 0 Å². The number of carbonyl (C=O) groups excluding carboxylic acids is 6. The molecule has 0 fully saturated rings. The first-order chi connectivity index (χ1) is 13.2. The second-order valence-corrected chi connectivity index (χ2v) is 9.00. The Hall–Kier alpha value is -2.05. The number of ketones is 3. The third kappa shape index (κ3) is 13.2. The van der Waals surface area contributed by atoms with Gasteiger partial charge in [-0.25, -0.2) is 0 Å². The van der Waals surface area contributed by atoms with Crippen LogP contribution in [0.4, 0.5) is 0 Å². The lowest BCUT2D eigenvalue weighted by Gasteiger charge is -2.10. The lowest BCUT2D eigenvalue weighted by Crippen LogP contribution is -2.27. The topological polar surface area (TPSA) is 130 Å². The summed E-state index contributed by atoms with van der Waals surface area (Å²) in [7, 11) is 0. The van der Waals surface area contributed by atoms with Gasteiger partial charge in [0.15, 0.2) is 0 Å². The second kappa shape index (κ2) is 14.9. The van der Waals surface area contributed by atoms with E-state index >= 15 is 0 Å². The summed E-state index contributed by atoms with van der Waals surface area (Å²) in [5.41, 5.74) is 0. The molecule has 0 bridgehead atoms. The smallest absolute Gasteiger partial charge is 0.313 e. The minimum atomic E-state index is -2.32. The standard InChI is InChI=1S/3C6H9O3.Al/c3*1-3-9-6(8)4-5(2)7;/h3*2-4H2,1H3;. The van der Waals surface area contributed by atoms with E-state index in [1.807, 2.05) is 0 Å². The summed E-state index contributed by atoms with van der Waals surface area (Å²) in [6.45, 7) is 5.27. The van der Waals surface area contributed by atoms with Crippen LogP contribution in [0, 0.1) is 0 Å². The van der Waals surface area contributed by atoms with E-state index in [-0.39, 0.29) is 35.7 Å². The molecule has 0 radical (unpaired) electrons. The zero-order valence-electron chi connectivity index (χ0n) is 16.6. The summed E-state index contributed by atoms with van der Waals surface area (Å²) < 4.78 is 14.1. The molecule has 0 aromatic carbocycles. The molecule has 0 atom stereocenters. The van der Waals surface area contributed by atoms with Crippen molar-refractivity contribution in [2.45, 2.75) is 55.9 Å². The Morgan fingerprint density at radius 2 is 0.786 bits per heavy atom. The maximum Gasteiger partial charge on any atom is 0.313 e. The van der Waals surface area contributed by atoms with Crippen molar-refractivity contribution >= 4 is 49.4 Å². The Balaban J connectivity index is 4.89. The van der Waals surface area contributed by atoms with Crippen molar-refractivity contribution in [1.82, 2.24) is 0 Å². The predicted octanol–water partition coefficient (Wildman–Crippen LogP) is 1.05. The van der Waals surface area contributed by atoms with E-state index < -0.39 is 68.7 Å². The van der Waals surface area contributed by atoms with Gasteiger partial charge in [-0.05, 0) is 36.6 Å². The molecule has 156 valence electrons. The van der Waals surface area contributed by atoms with Crippen LogP contribution >= 0.6 is 0 Å². The average molecular weight is 414 g/mol. The molecule has 0 unspecified atom stereocenters. The number of hydrogen-bond acceptors (Lipinski definition) is 9. The molecule has 9 nitrogen and oxygen atoms in total. The number of ether oxygens (including phenoxy) is 3. The summed E-state index contributed by atoms with van der Waals surface area (Å²) in [4.78, 5) is 70.5. The van der Waals surface area contributed by atoms with Crippen LogP contribution in [0.1, 0.15) is 40.0 Å². The highest BCUT2D eigenvalue weighted by Crippen LogP contribution is 2.13. The van der Waals surface area contributed by atoms with Gasteiger partial charge < -0.3 is 28.6 Å². The molecule has 0 aliphatic carbocycles. The minimum absolute atomic E-state index is 0.0814. The number of esters is 3. The number of carbonyl (C=O) groups is 6. The van der Waals surface area contributed by atoms with E-state index in [1.54, 1.807) is 20.8 Å². The predicted molar refractivity (Wildman–Crippen MR) is 98.9 cm³/mol. The largest absolute Gasteiger partial charge is 0.466 e. The fourth-order valence-electron chi connectivity index (χ4n) is 2.52. The summed E-state index contributed by atoms with van der Waals surface area (Å²) >= 11 is -2.32. The normalized spacial score (nSPS) is 9.96. The maximum absolute atomic E-state index is 12.1. The van der Waals surface area contributed by atoms with Gasteiger partial charge in [0.25, 0.3) is 14.1 Å². The van der Waals surface area contributed by atoms with Crippen molar-refractivity contribution in [3.05, 3.63) is 0 Å². The van der Waals surface area contributed by atoms with Crippen LogP contribution in [0.2, 0.25) is 15.8 Å². The van der Waals surface area contributed by atoms with Crippen LogP contribution in [0.5, 0.6) is 0 Å². The Morgan fingerprint density at radius 1 is 0.536 bits per heavy atom. The molecule has 0 saturated carbocycles.